The van der Waals surface area contributed by atoms with Gasteiger partial charge in [0.2, 0.25) is 0 Å². The van der Waals surface area contributed by atoms with Gasteiger partial charge in [-0.05, 0) is 37.6 Å². The van der Waals surface area contributed by atoms with E-state index in [0.717, 1.165) is 17.2 Å². The zero-order chi connectivity index (χ0) is 18.5. The zero-order valence-corrected chi connectivity index (χ0v) is 16.8. The topological polar surface area (TPSA) is 26.3 Å². The maximum atomic E-state index is 11.9. The van der Waals surface area contributed by atoms with E-state index in [-0.39, 0.29) is 0 Å². The van der Waals surface area contributed by atoms with Crippen LogP contribution in [0.5, 0.6) is 5.75 Å². The molecule has 2 aromatic carbocycles. The summed E-state index contributed by atoms with van der Waals surface area (Å²) in [5.74, 6) is 0.753. The number of hydrogen-bond acceptors (Lipinski definition) is 2. The molecule has 1 atom stereocenters. The third-order valence-electron chi connectivity index (χ3n) is 4.90. The van der Waals surface area contributed by atoms with Crippen LogP contribution in [0.25, 0.3) is 0 Å². The summed E-state index contributed by atoms with van der Waals surface area (Å²) in [5.41, 5.74) is -0.599. The standard InChI is InChI=1S/C21H25ClO2Si/c1-17(25(3,4)20-8-6-5-7-9-20)21(2,16-23)14-15-24-19-12-10-18(22)11-13-19/h5-13,16H,1,14-15H2,2-4H3. The van der Waals surface area contributed by atoms with Crippen molar-refractivity contribution in [3.05, 3.63) is 71.4 Å². The molecule has 25 heavy (non-hydrogen) atoms. The summed E-state index contributed by atoms with van der Waals surface area (Å²) >= 11 is 5.88. The third-order valence-corrected chi connectivity index (χ3v) is 9.01. The second-order valence-corrected chi connectivity index (χ2v) is 11.9. The van der Waals surface area contributed by atoms with Gasteiger partial charge in [-0.2, -0.15) is 0 Å². The molecule has 0 aliphatic carbocycles. The summed E-state index contributed by atoms with van der Waals surface area (Å²) in [6.45, 7) is 11.2. The molecule has 2 rings (SSSR count). The van der Waals surface area contributed by atoms with Crippen molar-refractivity contribution in [2.45, 2.75) is 26.4 Å². The number of hydrogen-bond donors (Lipinski definition) is 0. The highest BCUT2D eigenvalue weighted by molar-refractivity contribution is 6.96. The minimum Gasteiger partial charge on any atom is -0.494 e. The number of allylic oxidation sites excluding steroid dienone is 1. The van der Waals surface area contributed by atoms with Crippen molar-refractivity contribution in [2.24, 2.45) is 5.41 Å². The van der Waals surface area contributed by atoms with Crippen LogP contribution in [0.4, 0.5) is 0 Å². The van der Waals surface area contributed by atoms with Crippen LogP contribution in [0.15, 0.2) is 66.4 Å². The van der Waals surface area contributed by atoms with Gasteiger partial charge in [-0.1, -0.05) is 65.4 Å². The van der Waals surface area contributed by atoms with Crippen molar-refractivity contribution in [2.75, 3.05) is 6.61 Å². The molecule has 1 unspecified atom stereocenters. The number of ether oxygens (including phenoxy) is 1. The molecule has 0 heterocycles. The first-order valence-electron chi connectivity index (χ1n) is 8.40. The fraction of sp³-hybridized carbons (Fsp3) is 0.286. The third kappa shape index (κ3) is 4.62. The Morgan fingerprint density at radius 1 is 1.16 bits per heavy atom. The first kappa shape index (κ1) is 19.5. The van der Waals surface area contributed by atoms with Gasteiger partial charge in [0.25, 0.3) is 0 Å². The van der Waals surface area contributed by atoms with E-state index in [2.05, 4.69) is 31.8 Å². The van der Waals surface area contributed by atoms with Crippen LogP contribution < -0.4 is 9.92 Å². The SMILES string of the molecule is C=C(C(C)(C=O)CCOc1ccc(Cl)cc1)[Si](C)(C)c1ccccc1. The number of carbonyl (C=O) groups is 1. The maximum absolute atomic E-state index is 11.9. The Morgan fingerprint density at radius 3 is 2.32 bits per heavy atom. The molecule has 0 aromatic heterocycles. The Labute approximate surface area is 156 Å². The summed E-state index contributed by atoms with van der Waals surface area (Å²) in [6, 6.07) is 17.6. The minimum atomic E-state index is -1.97. The Hall–Kier alpha value is -1.84. The van der Waals surface area contributed by atoms with Crippen molar-refractivity contribution in [3.8, 4) is 5.75 Å². The van der Waals surface area contributed by atoms with Gasteiger partial charge in [-0.25, -0.2) is 0 Å². The maximum Gasteiger partial charge on any atom is 0.129 e. The van der Waals surface area contributed by atoms with E-state index in [4.69, 9.17) is 16.3 Å². The van der Waals surface area contributed by atoms with Crippen LogP contribution in [-0.4, -0.2) is 21.0 Å². The predicted octanol–water partition coefficient (Wildman–Crippen LogP) is 5.03. The molecule has 132 valence electrons. The molecule has 0 spiro atoms. The molecule has 0 aliphatic rings. The highest BCUT2D eigenvalue weighted by Gasteiger charge is 2.39. The Balaban J connectivity index is 2.08. The van der Waals surface area contributed by atoms with Crippen LogP contribution in [0.3, 0.4) is 0 Å². The normalized spacial score (nSPS) is 13.8. The summed E-state index contributed by atoms with van der Waals surface area (Å²) in [7, 11) is -1.97. The van der Waals surface area contributed by atoms with Crippen LogP contribution in [0.2, 0.25) is 18.1 Å². The van der Waals surface area contributed by atoms with Crippen molar-refractivity contribution >= 4 is 31.1 Å². The molecular weight excluding hydrogens is 348 g/mol. The highest BCUT2D eigenvalue weighted by atomic mass is 35.5. The zero-order valence-electron chi connectivity index (χ0n) is 15.1. The van der Waals surface area contributed by atoms with E-state index in [1.165, 1.54) is 5.19 Å². The summed E-state index contributed by atoms with van der Waals surface area (Å²) < 4.78 is 5.78. The smallest absolute Gasteiger partial charge is 0.129 e. The Morgan fingerprint density at radius 2 is 1.76 bits per heavy atom. The van der Waals surface area contributed by atoms with Crippen LogP contribution in [0, 0.1) is 5.41 Å². The second kappa shape index (κ2) is 8.02. The molecule has 0 N–H and O–H groups in total. The number of rotatable bonds is 8. The molecule has 0 bridgehead atoms. The molecular formula is C21H25ClO2Si. The van der Waals surface area contributed by atoms with E-state index in [9.17, 15) is 4.79 Å². The average Bonchev–Trinajstić information content (AvgIpc) is 2.63. The fourth-order valence-electron chi connectivity index (χ4n) is 2.94. The number of benzene rings is 2. The van der Waals surface area contributed by atoms with Gasteiger partial charge in [-0.15, -0.1) is 6.58 Å². The van der Waals surface area contributed by atoms with Gasteiger partial charge in [0, 0.05) is 10.4 Å². The van der Waals surface area contributed by atoms with Crippen LogP contribution in [-0.2, 0) is 4.79 Å². The van der Waals surface area contributed by atoms with E-state index >= 15 is 0 Å². The molecule has 0 saturated heterocycles. The quantitative estimate of drug-likeness (QED) is 0.480. The Kier molecular flexibility index (Phi) is 6.25. The first-order valence-corrected chi connectivity index (χ1v) is 11.8. The molecule has 0 aliphatic heterocycles. The summed E-state index contributed by atoms with van der Waals surface area (Å²) in [5, 5.41) is 2.99. The van der Waals surface area contributed by atoms with Crippen molar-refractivity contribution in [1.82, 2.24) is 0 Å². The van der Waals surface area contributed by atoms with Gasteiger partial charge in [0.15, 0.2) is 0 Å². The number of aldehydes is 1. The lowest BCUT2D eigenvalue weighted by atomic mass is 9.89. The van der Waals surface area contributed by atoms with Gasteiger partial charge < -0.3 is 9.53 Å². The number of halogens is 1. The summed E-state index contributed by atoms with van der Waals surface area (Å²) in [4.78, 5) is 11.9. The number of carbonyl (C=O) groups excluding carboxylic acids is 1. The van der Waals surface area contributed by atoms with Gasteiger partial charge in [0.1, 0.15) is 20.1 Å². The van der Waals surface area contributed by atoms with Crippen LogP contribution in [0.1, 0.15) is 13.3 Å². The molecule has 0 fully saturated rings. The van der Waals surface area contributed by atoms with E-state index < -0.39 is 13.5 Å². The van der Waals surface area contributed by atoms with Crippen molar-refractivity contribution < 1.29 is 9.53 Å². The predicted molar refractivity (Wildman–Crippen MR) is 108 cm³/mol. The average molecular weight is 373 g/mol. The second-order valence-electron chi connectivity index (χ2n) is 7.06. The molecule has 4 heteroatoms. The largest absolute Gasteiger partial charge is 0.494 e. The van der Waals surface area contributed by atoms with E-state index in [1.807, 2.05) is 37.3 Å². The lowest BCUT2D eigenvalue weighted by Crippen LogP contribution is -2.49. The van der Waals surface area contributed by atoms with E-state index in [1.54, 1.807) is 12.1 Å². The summed E-state index contributed by atoms with van der Waals surface area (Å²) in [6.07, 6.45) is 1.62. The lowest BCUT2D eigenvalue weighted by molar-refractivity contribution is -0.114. The monoisotopic (exact) mass is 372 g/mol. The fourth-order valence-corrected chi connectivity index (χ4v) is 6.05. The van der Waals surface area contributed by atoms with Gasteiger partial charge in [0.05, 0.1) is 6.61 Å². The molecule has 0 saturated carbocycles. The van der Waals surface area contributed by atoms with Crippen LogP contribution >= 0.6 is 11.6 Å². The molecule has 2 nitrogen and oxygen atoms in total. The van der Waals surface area contributed by atoms with Gasteiger partial charge >= 0.3 is 0 Å². The first-order chi connectivity index (χ1) is 11.8. The van der Waals surface area contributed by atoms with Crippen molar-refractivity contribution in [3.63, 3.8) is 0 Å². The highest BCUT2D eigenvalue weighted by Crippen LogP contribution is 2.34. The van der Waals surface area contributed by atoms with Crippen molar-refractivity contribution in [1.29, 1.82) is 0 Å². The minimum absolute atomic E-state index is 0.454. The molecule has 0 radical (unpaired) electrons. The van der Waals surface area contributed by atoms with Gasteiger partial charge in [-0.3, -0.25) is 0 Å². The lowest BCUT2D eigenvalue weighted by Gasteiger charge is -2.36. The van der Waals surface area contributed by atoms with E-state index in [0.29, 0.717) is 18.1 Å². The molecule has 0 amide bonds. The Bertz CT molecular complexity index is 725. The molecule has 2 aromatic rings.